The summed E-state index contributed by atoms with van der Waals surface area (Å²) in [4.78, 5) is 3.48. The molecule has 2 aromatic rings. The minimum atomic E-state index is 1.12. The molecule has 3 rings (SSSR count). The monoisotopic (exact) mass is 247 g/mol. The molecule has 0 radical (unpaired) electrons. The largest absolute Gasteiger partial charge is 0.358 e. The van der Waals surface area contributed by atoms with Crippen molar-refractivity contribution in [2.75, 3.05) is 0 Å². The number of nitrogens with one attached hydrogen (secondary N) is 1. The first kappa shape index (κ1) is 8.30. The number of H-pyrrole nitrogens is 1. The zero-order valence-electron chi connectivity index (χ0n) is 7.68. The molecule has 14 heavy (non-hydrogen) atoms. The van der Waals surface area contributed by atoms with Crippen LogP contribution < -0.4 is 0 Å². The van der Waals surface area contributed by atoms with Gasteiger partial charge in [-0.2, -0.15) is 0 Å². The van der Waals surface area contributed by atoms with E-state index in [1.54, 1.807) is 0 Å². The number of para-hydroxylation sites is 1. The molecule has 1 N–H and O–H groups in total. The maximum absolute atomic E-state index is 3.63. The van der Waals surface area contributed by atoms with Crippen molar-refractivity contribution in [3.05, 3.63) is 41.6 Å². The van der Waals surface area contributed by atoms with Crippen LogP contribution in [0.2, 0.25) is 0 Å². The molecule has 0 aliphatic heterocycles. The van der Waals surface area contributed by atoms with Crippen LogP contribution in [0.25, 0.3) is 15.4 Å². The summed E-state index contributed by atoms with van der Waals surface area (Å²) in [5.74, 6) is 0. The zero-order valence-corrected chi connectivity index (χ0v) is 9.26. The number of aromatic nitrogens is 1. The quantitative estimate of drug-likeness (QED) is 0.728. The predicted molar refractivity (Wildman–Crippen MR) is 63.5 cm³/mol. The Bertz CT molecular complexity index is 522. The first-order valence-electron chi connectivity index (χ1n) is 4.82. The minimum absolute atomic E-state index is 1.12. The Kier molecular flexibility index (Phi) is 1.77. The van der Waals surface area contributed by atoms with E-state index in [1.165, 1.54) is 26.6 Å². The first-order valence-corrected chi connectivity index (χ1v) is 5.61. The van der Waals surface area contributed by atoms with E-state index in [2.05, 4.69) is 51.3 Å². The van der Waals surface area contributed by atoms with Crippen LogP contribution in [0.4, 0.5) is 0 Å². The van der Waals surface area contributed by atoms with E-state index in [1.807, 2.05) is 0 Å². The highest BCUT2D eigenvalue weighted by atomic mass is 79.9. The van der Waals surface area contributed by atoms with Crippen LogP contribution in [0, 0.1) is 0 Å². The fourth-order valence-electron chi connectivity index (χ4n) is 2.10. The van der Waals surface area contributed by atoms with Gasteiger partial charge in [0.1, 0.15) is 0 Å². The third-order valence-corrected chi connectivity index (χ3v) is 3.46. The third kappa shape index (κ3) is 1.07. The molecule has 1 aromatic heterocycles. The number of hydrogen-bond donors (Lipinski definition) is 1. The molecule has 0 saturated heterocycles. The third-order valence-electron chi connectivity index (χ3n) is 2.74. The highest BCUT2D eigenvalue weighted by molar-refractivity contribution is 9.15. The Morgan fingerprint density at radius 2 is 2.07 bits per heavy atom. The van der Waals surface area contributed by atoms with Crippen molar-refractivity contribution in [2.24, 2.45) is 0 Å². The molecule has 1 nitrogen and oxygen atoms in total. The summed E-state index contributed by atoms with van der Waals surface area (Å²) in [6, 6.07) is 8.46. The Hall–Kier alpha value is -1.02. The van der Waals surface area contributed by atoms with Crippen LogP contribution in [-0.4, -0.2) is 4.98 Å². The molecule has 0 unspecified atom stereocenters. The molecule has 0 bridgehead atoms. The van der Waals surface area contributed by atoms with Gasteiger partial charge in [-0.05, 0) is 18.9 Å². The number of benzene rings is 1. The minimum Gasteiger partial charge on any atom is -0.358 e. The first-order chi connectivity index (χ1) is 6.86. The van der Waals surface area contributed by atoms with Gasteiger partial charge in [0, 0.05) is 26.6 Å². The van der Waals surface area contributed by atoms with Crippen LogP contribution in [0.5, 0.6) is 0 Å². The summed E-state index contributed by atoms with van der Waals surface area (Å²) >= 11 is 3.63. The molecule has 0 saturated carbocycles. The second kappa shape index (κ2) is 2.99. The standard InChI is InChI=1S/C12H10BrN/c13-9-5-3-7-11-12(9)8-4-1-2-6-10(8)14-11/h1-2,4-6,14H,3,7H2. The van der Waals surface area contributed by atoms with E-state index in [0.717, 1.165) is 12.8 Å². The highest BCUT2D eigenvalue weighted by Crippen LogP contribution is 2.36. The van der Waals surface area contributed by atoms with Gasteiger partial charge >= 0.3 is 0 Å². The van der Waals surface area contributed by atoms with E-state index in [4.69, 9.17) is 0 Å². The maximum atomic E-state index is 3.63. The fourth-order valence-corrected chi connectivity index (χ4v) is 2.79. The fraction of sp³-hybridized carbons (Fsp3) is 0.167. The van der Waals surface area contributed by atoms with Crippen LogP contribution in [0.3, 0.4) is 0 Å². The van der Waals surface area contributed by atoms with Crippen molar-refractivity contribution in [3.8, 4) is 0 Å². The summed E-state index contributed by atoms with van der Waals surface area (Å²) in [5.41, 5.74) is 3.96. The lowest BCUT2D eigenvalue weighted by atomic mass is 10.0. The second-order valence-corrected chi connectivity index (χ2v) is 4.47. The highest BCUT2D eigenvalue weighted by Gasteiger charge is 2.15. The van der Waals surface area contributed by atoms with Crippen molar-refractivity contribution in [1.29, 1.82) is 0 Å². The molecule has 0 spiro atoms. The Labute approximate surface area is 91.0 Å². The average Bonchev–Trinajstić information content (AvgIpc) is 2.57. The van der Waals surface area contributed by atoms with Crippen molar-refractivity contribution in [1.82, 2.24) is 4.98 Å². The van der Waals surface area contributed by atoms with Crippen LogP contribution >= 0.6 is 15.9 Å². The molecule has 70 valence electrons. The second-order valence-electron chi connectivity index (χ2n) is 3.61. The van der Waals surface area contributed by atoms with Gasteiger partial charge in [-0.1, -0.05) is 40.2 Å². The number of rotatable bonds is 0. The molecular formula is C12H10BrN. The van der Waals surface area contributed by atoms with Crippen molar-refractivity contribution < 1.29 is 0 Å². The number of halogens is 1. The molecule has 1 aliphatic rings. The van der Waals surface area contributed by atoms with Crippen LogP contribution in [0.1, 0.15) is 17.7 Å². The van der Waals surface area contributed by atoms with Gasteiger partial charge in [0.15, 0.2) is 0 Å². The van der Waals surface area contributed by atoms with Gasteiger partial charge in [0.2, 0.25) is 0 Å². The van der Waals surface area contributed by atoms with Crippen molar-refractivity contribution in [2.45, 2.75) is 12.8 Å². The number of aryl methyl sites for hydroxylation is 1. The van der Waals surface area contributed by atoms with Gasteiger partial charge in [-0.25, -0.2) is 0 Å². The summed E-state index contributed by atoms with van der Waals surface area (Å²) in [6.45, 7) is 0. The molecular weight excluding hydrogens is 238 g/mol. The van der Waals surface area contributed by atoms with Gasteiger partial charge in [-0.15, -0.1) is 0 Å². The molecule has 1 heterocycles. The van der Waals surface area contributed by atoms with E-state index < -0.39 is 0 Å². The van der Waals surface area contributed by atoms with Crippen LogP contribution in [0.15, 0.2) is 30.3 Å². The van der Waals surface area contributed by atoms with E-state index in [-0.39, 0.29) is 0 Å². The van der Waals surface area contributed by atoms with E-state index >= 15 is 0 Å². The smallest absolute Gasteiger partial charge is 0.0462 e. The lowest BCUT2D eigenvalue weighted by Gasteiger charge is -2.08. The topological polar surface area (TPSA) is 15.8 Å². The lowest BCUT2D eigenvalue weighted by molar-refractivity contribution is 0.949. The van der Waals surface area contributed by atoms with E-state index in [9.17, 15) is 0 Å². The normalized spacial score (nSPS) is 15.4. The molecule has 0 atom stereocenters. The van der Waals surface area contributed by atoms with Crippen molar-refractivity contribution in [3.63, 3.8) is 0 Å². The van der Waals surface area contributed by atoms with Crippen LogP contribution in [-0.2, 0) is 6.42 Å². The van der Waals surface area contributed by atoms with Gasteiger partial charge in [0.25, 0.3) is 0 Å². The van der Waals surface area contributed by atoms with Gasteiger partial charge in [0.05, 0.1) is 0 Å². The summed E-state index contributed by atoms with van der Waals surface area (Å²) in [7, 11) is 0. The van der Waals surface area contributed by atoms with Gasteiger partial charge < -0.3 is 4.98 Å². The molecule has 1 aliphatic carbocycles. The average molecular weight is 248 g/mol. The number of fused-ring (bicyclic) bond motifs is 3. The summed E-state index contributed by atoms with van der Waals surface area (Å²) in [5, 5.41) is 1.32. The summed E-state index contributed by atoms with van der Waals surface area (Å²) in [6.07, 6.45) is 4.50. The predicted octanol–water partition coefficient (Wildman–Crippen LogP) is 3.85. The number of aromatic amines is 1. The summed E-state index contributed by atoms with van der Waals surface area (Å²) < 4.78 is 1.23. The molecule has 2 heteroatoms. The van der Waals surface area contributed by atoms with E-state index in [0.29, 0.717) is 0 Å². The van der Waals surface area contributed by atoms with Crippen molar-refractivity contribution >= 4 is 31.3 Å². The number of allylic oxidation sites excluding steroid dienone is 1. The molecule has 0 amide bonds. The Balaban J connectivity index is 2.42. The van der Waals surface area contributed by atoms with Gasteiger partial charge in [-0.3, -0.25) is 0 Å². The SMILES string of the molecule is BrC1=CCCc2[nH]c3ccccc3c21. The molecule has 0 fully saturated rings. The molecule has 1 aromatic carbocycles. The number of hydrogen-bond acceptors (Lipinski definition) is 0. The maximum Gasteiger partial charge on any atom is 0.0462 e. The Morgan fingerprint density at radius 3 is 3.00 bits per heavy atom. The Morgan fingerprint density at radius 1 is 1.21 bits per heavy atom. The zero-order chi connectivity index (χ0) is 9.54. The lowest BCUT2D eigenvalue weighted by Crippen LogP contribution is -1.93.